The zero-order chi connectivity index (χ0) is 10.6. The molecular formula is C11H14O2S. The Morgan fingerprint density at radius 2 is 2.29 bits per heavy atom. The number of rotatable bonds is 4. The second-order valence-corrected chi connectivity index (χ2v) is 4.46. The van der Waals surface area contributed by atoms with Crippen LogP contribution in [0.4, 0.5) is 0 Å². The van der Waals surface area contributed by atoms with Crippen molar-refractivity contribution < 1.29 is 9.90 Å². The Labute approximate surface area is 88.3 Å². The van der Waals surface area contributed by atoms with Crippen LogP contribution >= 0.6 is 11.8 Å². The summed E-state index contributed by atoms with van der Waals surface area (Å²) in [4.78, 5) is 11.7. The first-order valence-corrected chi connectivity index (χ1v) is 5.50. The summed E-state index contributed by atoms with van der Waals surface area (Å²) in [5.41, 5.74) is 1.21. The molecule has 0 saturated carbocycles. The molecule has 0 amide bonds. The Kier molecular flexibility index (Phi) is 4.01. The molecule has 0 aliphatic heterocycles. The van der Waals surface area contributed by atoms with E-state index in [1.807, 2.05) is 25.1 Å². The van der Waals surface area contributed by atoms with E-state index in [0.717, 1.165) is 4.90 Å². The zero-order valence-electron chi connectivity index (χ0n) is 8.36. The lowest BCUT2D eigenvalue weighted by molar-refractivity contribution is -0.140. The van der Waals surface area contributed by atoms with Crippen molar-refractivity contribution in [2.24, 2.45) is 5.92 Å². The SMILES string of the molecule is Cc1cccc(SCC(C)C(=O)O)c1. The average Bonchev–Trinajstić information content (AvgIpc) is 2.14. The number of hydrogen-bond acceptors (Lipinski definition) is 2. The number of aliphatic carboxylic acids is 1. The van der Waals surface area contributed by atoms with Crippen molar-refractivity contribution in [2.75, 3.05) is 5.75 Å². The van der Waals surface area contributed by atoms with Crippen molar-refractivity contribution >= 4 is 17.7 Å². The van der Waals surface area contributed by atoms with Gasteiger partial charge < -0.3 is 5.11 Å². The maximum Gasteiger partial charge on any atom is 0.307 e. The largest absolute Gasteiger partial charge is 0.481 e. The van der Waals surface area contributed by atoms with Crippen molar-refractivity contribution in [3.05, 3.63) is 29.8 Å². The molecular weight excluding hydrogens is 196 g/mol. The summed E-state index contributed by atoms with van der Waals surface area (Å²) in [5, 5.41) is 8.70. The lowest BCUT2D eigenvalue weighted by atomic mass is 10.2. The smallest absolute Gasteiger partial charge is 0.307 e. The average molecular weight is 210 g/mol. The van der Waals surface area contributed by atoms with Gasteiger partial charge in [-0.25, -0.2) is 0 Å². The van der Waals surface area contributed by atoms with Crippen LogP contribution in [0.5, 0.6) is 0 Å². The summed E-state index contributed by atoms with van der Waals surface area (Å²) < 4.78 is 0. The molecule has 0 heterocycles. The highest BCUT2D eigenvalue weighted by Crippen LogP contribution is 2.21. The molecule has 0 spiro atoms. The molecule has 0 aliphatic carbocycles. The molecule has 0 saturated heterocycles. The van der Waals surface area contributed by atoms with Crippen LogP contribution in [-0.4, -0.2) is 16.8 Å². The Hall–Kier alpha value is -0.960. The highest BCUT2D eigenvalue weighted by atomic mass is 32.2. The standard InChI is InChI=1S/C11H14O2S/c1-8-4-3-5-10(6-8)14-7-9(2)11(12)13/h3-6,9H,7H2,1-2H3,(H,12,13). The van der Waals surface area contributed by atoms with E-state index in [-0.39, 0.29) is 5.92 Å². The lowest BCUT2D eigenvalue weighted by Crippen LogP contribution is -2.11. The second-order valence-electron chi connectivity index (χ2n) is 3.37. The molecule has 0 aliphatic rings. The summed E-state index contributed by atoms with van der Waals surface area (Å²) >= 11 is 1.59. The Morgan fingerprint density at radius 1 is 1.57 bits per heavy atom. The van der Waals surface area contributed by atoms with Crippen molar-refractivity contribution in [3.63, 3.8) is 0 Å². The quantitative estimate of drug-likeness (QED) is 0.776. The van der Waals surface area contributed by atoms with Crippen LogP contribution in [0.2, 0.25) is 0 Å². The Bertz CT molecular complexity index is 323. The summed E-state index contributed by atoms with van der Waals surface area (Å²) in [6.45, 7) is 3.76. The van der Waals surface area contributed by atoms with E-state index in [4.69, 9.17) is 5.11 Å². The highest BCUT2D eigenvalue weighted by Gasteiger charge is 2.10. The number of carboxylic acids is 1. The van der Waals surface area contributed by atoms with E-state index in [1.54, 1.807) is 18.7 Å². The molecule has 1 aromatic carbocycles. The van der Waals surface area contributed by atoms with E-state index < -0.39 is 5.97 Å². The third kappa shape index (κ3) is 3.42. The molecule has 76 valence electrons. The molecule has 0 bridgehead atoms. The molecule has 1 unspecified atom stereocenters. The molecule has 1 atom stereocenters. The van der Waals surface area contributed by atoms with Gasteiger partial charge in [0.25, 0.3) is 0 Å². The number of carboxylic acid groups (broad SMARTS) is 1. The minimum absolute atomic E-state index is 0.291. The van der Waals surface area contributed by atoms with E-state index in [2.05, 4.69) is 6.07 Å². The van der Waals surface area contributed by atoms with Crippen LogP contribution in [0.15, 0.2) is 29.2 Å². The van der Waals surface area contributed by atoms with Gasteiger partial charge >= 0.3 is 5.97 Å². The predicted molar refractivity (Wildman–Crippen MR) is 58.7 cm³/mol. The normalized spacial score (nSPS) is 12.4. The fraction of sp³-hybridized carbons (Fsp3) is 0.364. The number of benzene rings is 1. The van der Waals surface area contributed by atoms with Gasteiger partial charge in [-0.05, 0) is 19.1 Å². The highest BCUT2D eigenvalue weighted by molar-refractivity contribution is 7.99. The van der Waals surface area contributed by atoms with Crippen molar-refractivity contribution in [1.29, 1.82) is 0 Å². The van der Waals surface area contributed by atoms with Crippen LogP contribution in [-0.2, 0) is 4.79 Å². The number of hydrogen-bond donors (Lipinski definition) is 1. The topological polar surface area (TPSA) is 37.3 Å². The Morgan fingerprint density at radius 3 is 2.86 bits per heavy atom. The van der Waals surface area contributed by atoms with Gasteiger partial charge in [0.15, 0.2) is 0 Å². The lowest BCUT2D eigenvalue weighted by Gasteiger charge is -2.05. The zero-order valence-corrected chi connectivity index (χ0v) is 9.17. The van der Waals surface area contributed by atoms with Crippen molar-refractivity contribution in [3.8, 4) is 0 Å². The first-order chi connectivity index (χ1) is 6.59. The number of thioether (sulfide) groups is 1. The Balaban J connectivity index is 2.49. The molecule has 14 heavy (non-hydrogen) atoms. The van der Waals surface area contributed by atoms with Crippen LogP contribution in [0, 0.1) is 12.8 Å². The predicted octanol–water partition coefficient (Wildman–Crippen LogP) is 2.81. The summed E-state index contributed by atoms with van der Waals surface area (Å²) in [6.07, 6.45) is 0. The van der Waals surface area contributed by atoms with Crippen molar-refractivity contribution in [1.82, 2.24) is 0 Å². The minimum atomic E-state index is -0.731. The van der Waals surface area contributed by atoms with Gasteiger partial charge in [0.2, 0.25) is 0 Å². The van der Waals surface area contributed by atoms with Gasteiger partial charge in [-0.1, -0.05) is 24.6 Å². The number of aryl methyl sites for hydroxylation is 1. The van der Waals surface area contributed by atoms with E-state index in [1.165, 1.54) is 5.56 Å². The second kappa shape index (κ2) is 5.05. The molecule has 0 aromatic heterocycles. The summed E-state index contributed by atoms with van der Waals surface area (Å²) in [6, 6.07) is 8.10. The van der Waals surface area contributed by atoms with Crippen LogP contribution < -0.4 is 0 Å². The first-order valence-electron chi connectivity index (χ1n) is 4.52. The molecule has 3 heteroatoms. The molecule has 1 aromatic rings. The van der Waals surface area contributed by atoms with Gasteiger partial charge in [-0.15, -0.1) is 11.8 Å². The van der Waals surface area contributed by atoms with E-state index in [0.29, 0.717) is 5.75 Å². The van der Waals surface area contributed by atoms with Crippen LogP contribution in [0.25, 0.3) is 0 Å². The maximum atomic E-state index is 10.6. The van der Waals surface area contributed by atoms with Crippen LogP contribution in [0.3, 0.4) is 0 Å². The first kappa shape index (κ1) is 11.1. The van der Waals surface area contributed by atoms with Gasteiger partial charge in [-0.3, -0.25) is 4.79 Å². The van der Waals surface area contributed by atoms with E-state index >= 15 is 0 Å². The monoisotopic (exact) mass is 210 g/mol. The van der Waals surface area contributed by atoms with E-state index in [9.17, 15) is 4.79 Å². The van der Waals surface area contributed by atoms with Crippen LogP contribution in [0.1, 0.15) is 12.5 Å². The fourth-order valence-corrected chi connectivity index (χ4v) is 2.03. The van der Waals surface area contributed by atoms with Gasteiger partial charge in [0, 0.05) is 10.6 Å². The molecule has 1 rings (SSSR count). The van der Waals surface area contributed by atoms with Gasteiger partial charge in [0.05, 0.1) is 5.92 Å². The molecule has 0 radical (unpaired) electrons. The summed E-state index contributed by atoms with van der Waals surface area (Å²) in [5.74, 6) is -0.399. The van der Waals surface area contributed by atoms with Gasteiger partial charge in [-0.2, -0.15) is 0 Å². The fourth-order valence-electron chi connectivity index (χ4n) is 0.998. The third-order valence-corrected chi connectivity index (χ3v) is 3.17. The maximum absolute atomic E-state index is 10.6. The minimum Gasteiger partial charge on any atom is -0.481 e. The van der Waals surface area contributed by atoms with Crippen molar-refractivity contribution in [2.45, 2.75) is 18.7 Å². The third-order valence-electron chi connectivity index (χ3n) is 1.91. The van der Waals surface area contributed by atoms with Gasteiger partial charge in [0.1, 0.15) is 0 Å². The molecule has 2 nitrogen and oxygen atoms in total. The number of carbonyl (C=O) groups is 1. The molecule has 0 fully saturated rings. The molecule has 1 N–H and O–H groups in total. The summed E-state index contributed by atoms with van der Waals surface area (Å²) in [7, 11) is 0.